The fourth-order valence-electron chi connectivity index (χ4n) is 2.10. The van der Waals surface area contributed by atoms with Crippen LogP contribution in [0, 0.1) is 0 Å². The zero-order chi connectivity index (χ0) is 12.8. The molecule has 1 N–H and O–H groups in total. The van der Waals surface area contributed by atoms with Crippen LogP contribution in [-0.4, -0.2) is 35.6 Å². The van der Waals surface area contributed by atoms with E-state index in [4.69, 9.17) is 9.84 Å². The van der Waals surface area contributed by atoms with Gasteiger partial charge in [-0.25, -0.2) is 0 Å². The van der Waals surface area contributed by atoms with E-state index in [-0.39, 0.29) is 18.3 Å². The second-order valence-corrected chi connectivity index (χ2v) is 4.58. The van der Waals surface area contributed by atoms with Crippen LogP contribution in [0.3, 0.4) is 0 Å². The van der Waals surface area contributed by atoms with Crippen LogP contribution in [0.4, 0.5) is 0 Å². The third kappa shape index (κ3) is 3.65. The highest BCUT2D eigenvalue weighted by atomic mass is 16.5. The summed E-state index contributed by atoms with van der Waals surface area (Å²) in [5.41, 5.74) is 0. The molecule has 1 fully saturated rings. The molecule has 1 saturated heterocycles. The van der Waals surface area contributed by atoms with Crippen molar-refractivity contribution in [2.45, 2.75) is 25.7 Å². The molecule has 0 bridgehead atoms. The molecule has 1 aliphatic heterocycles. The lowest BCUT2D eigenvalue weighted by atomic mass is 10.2. The van der Waals surface area contributed by atoms with E-state index in [9.17, 15) is 4.79 Å². The third-order valence-electron chi connectivity index (χ3n) is 3.16. The first-order valence-corrected chi connectivity index (χ1v) is 6.45. The topological polar surface area (TPSA) is 49.8 Å². The van der Waals surface area contributed by atoms with E-state index in [1.54, 1.807) is 24.3 Å². The number of rotatable bonds is 3. The van der Waals surface area contributed by atoms with E-state index >= 15 is 0 Å². The SMILES string of the molecule is O=C(COc1ccc(O)cc1)N1CCCCCC1. The van der Waals surface area contributed by atoms with E-state index in [1.165, 1.54) is 12.8 Å². The first kappa shape index (κ1) is 12.7. The third-order valence-corrected chi connectivity index (χ3v) is 3.16. The Balaban J connectivity index is 1.81. The Morgan fingerprint density at radius 3 is 2.33 bits per heavy atom. The summed E-state index contributed by atoms with van der Waals surface area (Å²) in [5, 5.41) is 9.14. The van der Waals surface area contributed by atoms with Crippen molar-refractivity contribution in [1.29, 1.82) is 0 Å². The summed E-state index contributed by atoms with van der Waals surface area (Å²) in [5.74, 6) is 0.849. The maximum absolute atomic E-state index is 11.9. The molecular formula is C14H19NO3. The number of phenolic OH excluding ortho intramolecular Hbond substituents is 1. The molecule has 2 rings (SSSR count). The molecule has 1 aromatic carbocycles. The lowest BCUT2D eigenvalue weighted by Crippen LogP contribution is -2.35. The normalized spacial score (nSPS) is 16.1. The lowest BCUT2D eigenvalue weighted by molar-refractivity contribution is -0.133. The summed E-state index contributed by atoms with van der Waals surface area (Å²) >= 11 is 0. The number of amides is 1. The van der Waals surface area contributed by atoms with Gasteiger partial charge < -0.3 is 14.7 Å². The molecule has 98 valence electrons. The van der Waals surface area contributed by atoms with Gasteiger partial charge in [0, 0.05) is 13.1 Å². The summed E-state index contributed by atoms with van der Waals surface area (Å²) in [6, 6.07) is 6.41. The number of hydrogen-bond donors (Lipinski definition) is 1. The standard InChI is InChI=1S/C14H19NO3/c16-12-5-7-13(8-6-12)18-11-14(17)15-9-3-1-2-4-10-15/h5-8,16H,1-4,9-11H2. The van der Waals surface area contributed by atoms with Crippen molar-refractivity contribution in [3.05, 3.63) is 24.3 Å². The number of phenols is 1. The summed E-state index contributed by atoms with van der Waals surface area (Å²) in [6.45, 7) is 1.76. The quantitative estimate of drug-likeness (QED) is 0.893. The molecular weight excluding hydrogens is 230 g/mol. The van der Waals surface area contributed by atoms with Crippen molar-refractivity contribution in [3.8, 4) is 11.5 Å². The molecule has 4 heteroatoms. The van der Waals surface area contributed by atoms with E-state index in [0.717, 1.165) is 25.9 Å². The number of likely N-dealkylation sites (tertiary alicyclic amines) is 1. The molecule has 0 aliphatic carbocycles. The summed E-state index contributed by atoms with van der Waals surface area (Å²) in [7, 11) is 0. The number of nitrogens with zero attached hydrogens (tertiary/aromatic N) is 1. The smallest absolute Gasteiger partial charge is 0.260 e. The fraction of sp³-hybridized carbons (Fsp3) is 0.500. The molecule has 0 spiro atoms. The van der Waals surface area contributed by atoms with Crippen LogP contribution in [-0.2, 0) is 4.79 Å². The van der Waals surface area contributed by atoms with Gasteiger partial charge in [-0.2, -0.15) is 0 Å². The van der Waals surface area contributed by atoms with Crippen molar-refractivity contribution in [3.63, 3.8) is 0 Å². The molecule has 4 nitrogen and oxygen atoms in total. The summed E-state index contributed by atoms with van der Waals surface area (Å²) in [4.78, 5) is 13.8. The molecule has 0 atom stereocenters. The fourth-order valence-corrected chi connectivity index (χ4v) is 2.10. The molecule has 1 heterocycles. The number of hydrogen-bond acceptors (Lipinski definition) is 3. The Labute approximate surface area is 107 Å². The molecule has 1 aliphatic rings. The van der Waals surface area contributed by atoms with E-state index in [2.05, 4.69) is 0 Å². The van der Waals surface area contributed by atoms with Crippen LogP contribution in [0.15, 0.2) is 24.3 Å². The Hall–Kier alpha value is -1.71. The molecule has 1 amide bonds. The Kier molecular flexibility index (Phi) is 4.45. The van der Waals surface area contributed by atoms with Crippen molar-refractivity contribution >= 4 is 5.91 Å². The highest BCUT2D eigenvalue weighted by molar-refractivity contribution is 5.77. The van der Waals surface area contributed by atoms with Gasteiger partial charge in [-0.3, -0.25) is 4.79 Å². The number of benzene rings is 1. The number of carbonyl (C=O) groups excluding carboxylic acids is 1. The highest BCUT2D eigenvalue weighted by Crippen LogP contribution is 2.16. The van der Waals surface area contributed by atoms with Crippen LogP contribution >= 0.6 is 0 Å². The highest BCUT2D eigenvalue weighted by Gasteiger charge is 2.15. The van der Waals surface area contributed by atoms with E-state index in [0.29, 0.717) is 5.75 Å². The van der Waals surface area contributed by atoms with Gasteiger partial charge in [0.15, 0.2) is 6.61 Å². The lowest BCUT2D eigenvalue weighted by Gasteiger charge is -2.20. The van der Waals surface area contributed by atoms with Crippen molar-refractivity contribution in [2.75, 3.05) is 19.7 Å². The van der Waals surface area contributed by atoms with Gasteiger partial charge in [0.05, 0.1) is 0 Å². The van der Waals surface area contributed by atoms with Crippen molar-refractivity contribution in [2.24, 2.45) is 0 Å². The van der Waals surface area contributed by atoms with Gasteiger partial charge in [-0.05, 0) is 37.1 Å². The monoisotopic (exact) mass is 249 g/mol. The van der Waals surface area contributed by atoms with Gasteiger partial charge in [0.2, 0.25) is 0 Å². The second kappa shape index (κ2) is 6.28. The Bertz CT molecular complexity index is 381. The van der Waals surface area contributed by atoms with Crippen molar-refractivity contribution in [1.82, 2.24) is 4.90 Å². The minimum Gasteiger partial charge on any atom is -0.508 e. The number of aromatic hydroxyl groups is 1. The molecule has 0 aromatic heterocycles. The first-order valence-electron chi connectivity index (χ1n) is 6.45. The Morgan fingerprint density at radius 1 is 1.11 bits per heavy atom. The largest absolute Gasteiger partial charge is 0.508 e. The second-order valence-electron chi connectivity index (χ2n) is 4.58. The predicted molar refractivity (Wildman–Crippen MR) is 68.6 cm³/mol. The minimum atomic E-state index is 0.0463. The molecule has 1 aromatic rings. The molecule has 0 saturated carbocycles. The van der Waals surface area contributed by atoms with E-state index in [1.807, 2.05) is 4.90 Å². The average molecular weight is 249 g/mol. The number of ether oxygens (including phenoxy) is 1. The maximum atomic E-state index is 11.9. The Morgan fingerprint density at radius 2 is 1.72 bits per heavy atom. The van der Waals surface area contributed by atoms with Crippen LogP contribution in [0.2, 0.25) is 0 Å². The van der Waals surface area contributed by atoms with Gasteiger partial charge in [0.1, 0.15) is 11.5 Å². The van der Waals surface area contributed by atoms with Gasteiger partial charge in [-0.15, -0.1) is 0 Å². The van der Waals surface area contributed by atoms with Gasteiger partial charge in [0.25, 0.3) is 5.91 Å². The van der Waals surface area contributed by atoms with E-state index < -0.39 is 0 Å². The zero-order valence-electron chi connectivity index (χ0n) is 10.5. The number of carbonyl (C=O) groups is 1. The van der Waals surface area contributed by atoms with Crippen molar-refractivity contribution < 1.29 is 14.6 Å². The van der Waals surface area contributed by atoms with Gasteiger partial charge in [-0.1, -0.05) is 12.8 Å². The summed E-state index contributed by atoms with van der Waals surface area (Å²) in [6.07, 6.45) is 4.60. The van der Waals surface area contributed by atoms with Crippen LogP contribution in [0.5, 0.6) is 11.5 Å². The molecule has 0 unspecified atom stereocenters. The summed E-state index contributed by atoms with van der Waals surface area (Å²) < 4.78 is 5.41. The van der Waals surface area contributed by atoms with Crippen LogP contribution in [0.25, 0.3) is 0 Å². The average Bonchev–Trinajstić information content (AvgIpc) is 2.66. The maximum Gasteiger partial charge on any atom is 0.260 e. The van der Waals surface area contributed by atoms with Gasteiger partial charge >= 0.3 is 0 Å². The minimum absolute atomic E-state index is 0.0463. The first-order chi connectivity index (χ1) is 8.75. The zero-order valence-corrected chi connectivity index (χ0v) is 10.5. The van der Waals surface area contributed by atoms with Crippen LogP contribution in [0.1, 0.15) is 25.7 Å². The molecule has 18 heavy (non-hydrogen) atoms. The van der Waals surface area contributed by atoms with Crippen LogP contribution < -0.4 is 4.74 Å². The molecule has 0 radical (unpaired) electrons. The predicted octanol–water partition coefficient (Wildman–Crippen LogP) is 2.17.